The average Bonchev–Trinajstić information content (AvgIpc) is 3.44. The van der Waals surface area contributed by atoms with E-state index in [9.17, 15) is 14.7 Å². The van der Waals surface area contributed by atoms with Crippen molar-refractivity contribution < 1.29 is 28.9 Å². The number of nitrogens with two attached hydrogens (primary N) is 1. The first kappa shape index (κ1) is 24.0. The van der Waals surface area contributed by atoms with Crippen molar-refractivity contribution in [3.05, 3.63) is 47.5 Å². The highest BCUT2D eigenvalue weighted by Crippen LogP contribution is 2.58. The number of aromatic nitrogens is 1. The van der Waals surface area contributed by atoms with Gasteiger partial charge in [0.2, 0.25) is 0 Å². The Balaban J connectivity index is 1.61. The van der Waals surface area contributed by atoms with Crippen LogP contribution >= 0.6 is 19.3 Å². The molecule has 2 fully saturated rings. The minimum absolute atomic E-state index is 0.0832. The van der Waals surface area contributed by atoms with Gasteiger partial charge in [-0.1, -0.05) is 18.2 Å². The van der Waals surface area contributed by atoms with Gasteiger partial charge in [0.25, 0.3) is 11.8 Å². The van der Waals surface area contributed by atoms with Crippen LogP contribution in [0.3, 0.4) is 0 Å². The fourth-order valence-corrected chi connectivity index (χ4v) is 6.79. The molecule has 1 aromatic carbocycles. The molecule has 6 unspecified atom stereocenters. The van der Waals surface area contributed by atoms with E-state index in [1.807, 2.05) is 12.3 Å². The first-order valence-electron chi connectivity index (χ1n) is 10.4. The molecule has 0 saturated carbocycles. The Morgan fingerprint density at radius 2 is 1.97 bits per heavy atom. The molecule has 5 N–H and O–H groups in total. The Morgan fingerprint density at radius 3 is 2.61 bits per heavy atom. The molecule has 0 spiro atoms. The molecule has 2 aliphatic rings. The molecule has 2 saturated heterocycles. The molecule has 0 aliphatic carbocycles. The second kappa shape index (κ2) is 9.61. The smallest absolute Gasteiger partial charge is 0.269 e. The van der Waals surface area contributed by atoms with Crippen LogP contribution in [0.25, 0.3) is 0 Å². The van der Waals surface area contributed by atoms with Crippen LogP contribution in [-0.4, -0.2) is 64.4 Å². The maximum absolute atomic E-state index is 12.7. The van der Waals surface area contributed by atoms with Crippen molar-refractivity contribution >= 4 is 36.5 Å². The number of primary amides is 1. The largest absolute Gasteiger partial charge is 0.394 e. The second-order valence-corrected chi connectivity index (χ2v) is 11.1. The van der Waals surface area contributed by atoms with Gasteiger partial charge in [-0.15, -0.1) is 11.8 Å². The van der Waals surface area contributed by atoms with E-state index in [0.717, 1.165) is 0 Å². The lowest BCUT2D eigenvalue weighted by Crippen LogP contribution is -2.38. The number of hydrogen-bond donors (Lipinski definition) is 4. The third kappa shape index (κ3) is 4.89. The van der Waals surface area contributed by atoms with Crippen molar-refractivity contribution in [2.24, 2.45) is 5.73 Å². The van der Waals surface area contributed by atoms with Crippen molar-refractivity contribution in [2.45, 2.75) is 49.3 Å². The molecule has 4 rings (SSSR count). The summed E-state index contributed by atoms with van der Waals surface area (Å²) < 4.78 is 18.1. The van der Waals surface area contributed by atoms with Gasteiger partial charge in [-0.3, -0.25) is 9.59 Å². The highest BCUT2D eigenvalue weighted by atomic mass is 32.2. The molecule has 33 heavy (non-hydrogen) atoms. The van der Waals surface area contributed by atoms with Gasteiger partial charge in [0, 0.05) is 5.56 Å². The number of rotatable bonds is 8. The van der Waals surface area contributed by atoms with Crippen LogP contribution in [0.4, 0.5) is 5.42 Å². The fourth-order valence-electron chi connectivity index (χ4n) is 3.98. The predicted molar refractivity (Wildman–Crippen MR) is 125 cm³/mol. The maximum atomic E-state index is 12.7. The zero-order valence-corrected chi connectivity index (χ0v) is 20.1. The summed E-state index contributed by atoms with van der Waals surface area (Å²) in [4.78, 5) is 29.0. The van der Waals surface area contributed by atoms with E-state index in [0.29, 0.717) is 11.0 Å². The number of hydrogen-bond acceptors (Lipinski definition) is 9. The Morgan fingerprint density at radius 1 is 1.27 bits per heavy atom. The number of fused-ring (bicyclic) bond motifs is 1. The molecule has 2 aliphatic heterocycles. The Bertz CT molecular complexity index is 1020. The van der Waals surface area contributed by atoms with Crippen LogP contribution in [-0.2, 0) is 14.2 Å². The fraction of sp³-hybridized carbons (Fsp3) is 0.476. The molecule has 1 aromatic heterocycles. The van der Waals surface area contributed by atoms with Crippen LogP contribution in [0.15, 0.2) is 36.3 Å². The average molecular weight is 495 g/mol. The highest BCUT2D eigenvalue weighted by Gasteiger charge is 2.56. The van der Waals surface area contributed by atoms with Gasteiger partial charge in [0.15, 0.2) is 11.5 Å². The number of ether oxygens (including phenoxy) is 3. The first-order valence-corrected chi connectivity index (χ1v) is 13.1. The van der Waals surface area contributed by atoms with Crippen LogP contribution in [0, 0.1) is 0 Å². The molecule has 2 aromatic rings. The van der Waals surface area contributed by atoms with E-state index in [1.54, 1.807) is 44.0 Å². The molecular weight excluding hydrogens is 467 g/mol. The van der Waals surface area contributed by atoms with Crippen LogP contribution < -0.4 is 16.4 Å². The lowest BCUT2D eigenvalue weighted by atomic mass is 10.2. The number of aliphatic hydroxyl groups is 1. The van der Waals surface area contributed by atoms with Crippen LogP contribution in [0.1, 0.15) is 40.5 Å². The van der Waals surface area contributed by atoms with Gasteiger partial charge in [0.05, 0.1) is 18.0 Å². The van der Waals surface area contributed by atoms with Crippen molar-refractivity contribution in [3.63, 3.8) is 0 Å². The van der Waals surface area contributed by atoms with Gasteiger partial charge in [-0.25, -0.2) is 4.98 Å². The zero-order valence-electron chi connectivity index (χ0n) is 18.4. The van der Waals surface area contributed by atoms with E-state index in [1.165, 1.54) is 11.8 Å². The molecule has 3 heterocycles. The highest BCUT2D eigenvalue weighted by molar-refractivity contribution is 7.99. The van der Waals surface area contributed by atoms with Crippen molar-refractivity contribution in [1.82, 2.24) is 10.3 Å². The lowest BCUT2D eigenvalue weighted by Gasteiger charge is -2.25. The van der Waals surface area contributed by atoms with E-state index in [-0.39, 0.29) is 18.2 Å². The number of nitrogens with zero attached hydrogens (tertiary/aromatic N) is 1. The summed E-state index contributed by atoms with van der Waals surface area (Å²) in [6, 6.07) is 8.83. The zero-order chi connectivity index (χ0) is 23.8. The van der Waals surface area contributed by atoms with E-state index in [4.69, 9.17) is 19.9 Å². The summed E-state index contributed by atoms with van der Waals surface area (Å²) in [6.45, 7) is 3.38. The summed E-state index contributed by atoms with van der Waals surface area (Å²) in [5.41, 5.74) is 6.12. The summed E-state index contributed by atoms with van der Waals surface area (Å²) in [5.74, 6) is -0.653. The Hall–Kier alpha value is -2.14. The molecule has 10 nitrogen and oxygen atoms in total. The molecular formula is C21H27N4O6PS. The number of nitrogens with one attached hydrogen (secondary N) is 2. The van der Waals surface area contributed by atoms with Gasteiger partial charge in [-0.2, -0.15) is 0 Å². The van der Waals surface area contributed by atoms with E-state index >= 15 is 0 Å². The maximum Gasteiger partial charge on any atom is 0.269 e. The summed E-state index contributed by atoms with van der Waals surface area (Å²) >= 11 is 1.35. The van der Waals surface area contributed by atoms with Gasteiger partial charge < -0.3 is 35.7 Å². The summed E-state index contributed by atoms with van der Waals surface area (Å²) in [5, 5.41) is 15.9. The number of carbonyl (C=O) groups is 2. The topological polar surface area (TPSA) is 145 Å². The third-order valence-electron chi connectivity index (χ3n) is 5.41. The molecule has 2 amide bonds. The van der Waals surface area contributed by atoms with Crippen LogP contribution in [0.2, 0.25) is 0 Å². The Labute approximate surface area is 196 Å². The number of aliphatic hydroxyl groups excluding tert-OH is 1. The van der Waals surface area contributed by atoms with Crippen molar-refractivity contribution in [1.29, 1.82) is 0 Å². The molecule has 0 radical (unpaired) electrons. The first-order chi connectivity index (χ1) is 15.7. The minimum Gasteiger partial charge on any atom is -0.394 e. The summed E-state index contributed by atoms with van der Waals surface area (Å²) in [6.07, 6.45) is 0.362. The van der Waals surface area contributed by atoms with Crippen LogP contribution in [0.5, 0.6) is 0 Å². The SMILES string of the molecule is CSC(NC(=O)c1ccccc1)Nc1c(C(N)=O)ncp1C1OC(CO)C2OC(C)(C)OC21. The number of amides is 2. The molecule has 6 atom stereocenters. The standard InChI is InChI=1S/C21H27N4O6PS/c1-21(2)30-14-12(9-26)29-19(15(14)31-21)32-10-23-13(16(22)27)18(32)25-20(33-3)24-17(28)11-7-5-4-6-8-11/h4-8,10,12,14-15,19-20,25-26H,9H2,1-3H3,(H2,22,27)(H,24,28). The monoisotopic (exact) mass is 494 g/mol. The third-order valence-corrected chi connectivity index (χ3v) is 8.30. The minimum atomic E-state index is -1.33. The van der Waals surface area contributed by atoms with Gasteiger partial charge >= 0.3 is 0 Å². The number of benzene rings is 1. The van der Waals surface area contributed by atoms with E-state index < -0.39 is 48.9 Å². The lowest BCUT2D eigenvalue weighted by molar-refractivity contribution is -0.185. The number of carbonyl (C=O) groups excluding carboxylic acids is 2. The van der Waals surface area contributed by atoms with Gasteiger partial charge in [-0.05, 0) is 39.8 Å². The van der Waals surface area contributed by atoms with E-state index in [2.05, 4.69) is 15.6 Å². The number of thioether (sulfide) groups is 1. The molecule has 178 valence electrons. The van der Waals surface area contributed by atoms with Gasteiger partial charge in [0.1, 0.15) is 29.7 Å². The van der Waals surface area contributed by atoms with Crippen molar-refractivity contribution in [2.75, 3.05) is 18.2 Å². The molecule has 0 bridgehead atoms. The normalized spacial score (nSPS) is 27.1. The quantitative estimate of drug-likeness (QED) is 0.405. The molecule has 12 heteroatoms. The predicted octanol–water partition coefficient (Wildman–Crippen LogP) is 2.07. The van der Waals surface area contributed by atoms with Crippen molar-refractivity contribution in [3.8, 4) is 0 Å². The Kier molecular flexibility index (Phi) is 6.99. The summed E-state index contributed by atoms with van der Waals surface area (Å²) in [7, 11) is -1.33. The second-order valence-electron chi connectivity index (χ2n) is 8.13. The number of anilines is 1.